The number of benzene rings is 2. The van der Waals surface area contributed by atoms with Gasteiger partial charge in [0.2, 0.25) is 0 Å². The van der Waals surface area contributed by atoms with E-state index in [9.17, 15) is 9.59 Å². The molecular formula is C19H14ClN3O3S. The van der Waals surface area contributed by atoms with Gasteiger partial charge in [-0.2, -0.15) is 0 Å². The predicted molar refractivity (Wildman–Crippen MR) is 108 cm³/mol. The number of rotatable bonds is 4. The van der Waals surface area contributed by atoms with E-state index in [1.807, 2.05) is 0 Å². The molecule has 27 heavy (non-hydrogen) atoms. The number of hydrogen-bond donors (Lipinski definition) is 3. The number of amides is 2. The Balaban J connectivity index is 1.68. The predicted octanol–water partition coefficient (Wildman–Crippen LogP) is 3.83. The molecule has 1 heterocycles. The largest absolute Gasteiger partial charge is 0.451 e. The summed E-state index contributed by atoms with van der Waals surface area (Å²) in [5, 5.41) is 5.90. The first-order valence-corrected chi connectivity index (χ1v) is 8.59. The Morgan fingerprint density at radius 2 is 1.70 bits per heavy atom. The third kappa shape index (κ3) is 4.52. The van der Waals surface area contributed by atoms with Gasteiger partial charge < -0.3 is 15.5 Å². The van der Waals surface area contributed by atoms with Crippen molar-refractivity contribution in [3.63, 3.8) is 0 Å². The van der Waals surface area contributed by atoms with E-state index in [2.05, 4.69) is 10.6 Å². The molecule has 136 valence electrons. The van der Waals surface area contributed by atoms with Crippen LogP contribution in [0.5, 0.6) is 0 Å². The molecule has 4 N–H and O–H groups in total. The molecule has 0 saturated heterocycles. The molecule has 0 aliphatic heterocycles. The van der Waals surface area contributed by atoms with E-state index in [1.165, 1.54) is 0 Å². The summed E-state index contributed by atoms with van der Waals surface area (Å²) >= 11 is 11.0. The lowest BCUT2D eigenvalue weighted by atomic mass is 10.1. The number of nitrogens with two attached hydrogens (primary N) is 1. The van der Waals surface area contributed by atoms with E-state index < -0.39 is 11.8 Å². The van der Waals surface area contributed by atoms with Gasteiger partial charge in [0.1, 0.15) is 5.76 Å². The van der Waals surface area contributed by atoms with E-state index >= 15 is 0 Å². The van der Waals surface area contributed by atoms with Crippen molar-refractivity contribution in [1.29, 1.82) is 0 Å². The maximum absolute atomic E-state index is 12.3. The van der Waals surface area contributed by atoms with Gasteiger partial charge in [0.15, 0.2) is 10.9 Å². The van der Waals surface area contributed by atoms with Crippen LogP contribution in [0.4, 0.5) is 5.69 Å². The van der Waals surface area contributed by atoms with Gasteiger partial charge in [0.25, 0.3) is 11.8 Å². The summed E-state index contributed by atoms with van der Waals surface area (Å²) in [4.78, 5) is 23.8. The molecule has 3 aromatic rings. The zero-order valence-corrected chi connectivity index (χ0v) is 15.4. The highest BCUT2D eigenvalue weighted by molar-refractivity contribution is 7.80. The normalized spacial score (nSPS) is 10.3. The van der Waals surface area contributed by atoms with Gasteiger partial charge in [-0.3, -0.25) is 14.9 Å². The van der Waals surface area contributed by atoms with Crippen LogP contribution >= 0.6 is 23.8 Å². The third-order valence-corrected chi connectivity index (χ3v) is 4.08. The van der Waals surface area contributed by atoms with E-state index in [-0.39, 0.29) is 16.4 Å². The number of furan rings is 1. The number of nitrogens with one attached hydrogen (secondary N) is 2. The highest BCUT2D eigenvalue weighted by atomic mass is 35.5. The number of anilines is 1. The van der Waals surface area contributed by atoms with Crippen LogP contribution in [0.3, 0.4) is 0 Å². The summed E-state index contributed by atoms with van der Waals surface area (Å²) < 4.78 is 5.57. The Morgan fingerprint density at radius 3 is 2.41 bits per heavy atom. The van der Waals surface area contributed by atoms with Crippen molar-refractivity contribution in [2.75, 3.05) is 5.32 Å². The Bertz CT molecular complexity index is 1020. The second-order valence-electron chi connectivity index (χ2n) is 5.49. The fraction of sp³-hybridized carbons (Fsp3) is 0. The molecule has 1 aromatic heterocycles. The zero-order valence-electron chi connectivity index (χ0n) is 13.9. The molecule has 2 amide bonds. The second-order valence-corrected chi connectivity index (χ2v) is 6.33. The molecule has 0 aliphatic carbocycles. The Labute approximate surface area is 165 Å². The van der Waals surface area contributed by atoms with Crippen LogP contribution in [0.25, 0.3) is 11.3 Å². The smallest absolute Gasteiger partial charge is 0.293 e. The molecule has 0 atom stereocenters. The van der Waals surface area contributed by atoms with Gasteiger partial charge >= 0.3 is 0 Å². The average Bonchev–Trinajstić information content (AvgIpc) is 3.13. The van der Waals surface area contributed by atoms with Gasteiger partial charge in [-0.05, 0) is 60.7 Å². The molecule has 6 nitrogen and oxygen atoms in total. The Hall–Kier alpha value is -3.16. The fourth-order valence-corrected chi connectivity index (χ4v) is 2.68. The fourth-order valence-electron chi connectivity index (χ4n) is 2.35. The summed E-state index contributed by atoms with van der Waals surface area (Å²) in [5.74, 6) is -0.516. The molecule has 8 heteroatoms. The minimum atomic E-state index is -0.606. The van der Waals surface area contributed by atoms with Gasteiger partial charge in [0.05, 0.1) is 11.3 Å². The first-order chi connectivity index (χ1) is 12.9. The summed E-state index contributed by atoms with van der Waals surface area (Å²) in [6.07, 6.45) is 0. The molecule has 0 saturated carbocycles. The lowest BCUT2D eigenvalue weighted by Crippen LogP contribution is -2.34. The number of carbonyl (C=O) groups is 2. The van der Waals surface area contributed by atoms with Crippen molar-refractivity contribution < 1.29 is 14.0 Å². The standard InChI is InChI=1S/C19H14ClN3O3S/c20-12-7-5-11(6-8-12)15-9-10-16(26-15)18(25)23-19(27)22-14-4-2-1-3-13(14)17(21)24/h1-10H,(H2,21,24)(H2,22,23,25,27). The summed E-state index contributed by atoms with van der Waals surface area (Å²) in [7, 11) is 0. The second kappa shape index (κ2) is 8.03. The van der Waals surface area contributed by atoms with Crippen LogP contribution in [0.15, 0.2) is 65.1 Å². The molecule has 0 radical (unpaired) electrons. The topological polar surface area (TPSA) is 97.4 Å². The summed E-state index contributed by atoms with van der Waals surface area (Å²) in [6, 6.07) is 16.8. The number of carbonyl (C=O) groups excluding carboxylic acids is 2. The van der Waals surface area contributed by atoms with Crippen molar-refractivity contribution in [1.82, 2.24) is 5.32 Å². The maximum Gasteiger partial charge on any atom is 0.293 e. The summed E-state index contributed by atoms with van der Waals surface area (Å²) in [6.45, 7) is 0. The van der Waals surface area contributed by atoms with Crippen molar-refractivity contribution in [3.05, 3.63) is 77.0 Å². The molecule has 3 rings (SSSR count). The number of thiocarbonyl (C=S) groups is 1. The maximum atomic E-state index is 12.3. The van der Waals surface area contributed by atoms with Crippen LogP contribution in [-0.2, 0) is 0 Å². The molecule has 0 unspecified atom stereocenters. The quantitative estimate of drug-likeness (QED) is 0.579. The van der Waals surface area contributed by atoms with E-state index in [0.717, 1.165) is 5.56 Å². The lowest BCUT2D eigenvalue weighted by molar-refractivity contribution is 0.0950. The first-order valence-electron chi connectivity index (χ1n) is 7.81. The number of hydrogen-bond acceptors (Lipinski definition) is 4. The van der Waals surface area contributed by atoms with Gasteiger partial charge in [0, 0.05) is 10.6 Å². The van der Waals surface area contributed by atoms with Gasteiger partial charge in [-0.1, -0.05) is 23.7 Å². The van der Waals surface area contributed by atoms with E-state index in [0.29, 0.717) is 16.5 Å². The Morgan fingerprint density at radius 1 is 1.00 bits per heavy atom. The monoisotopic (exact) mass is 399 g/mol. The van der Waals surface area contributed by atoms with E-state index in [4.69, 9.17) is 34.0 Å². The highest BCUT2D eigenvalue weighted by Gasteiger charge is 2.15. The molecular weight excluding hydrogens is 386 g/mol. The molecule has 0 bridgehead atoms. The SMILES string of the molecule is NC(=O)c1ccccc1NC(=S)NC(=O)c1ccc(-c2ccc(Cl)cc2)o1. The van der Waals surface area contributed by atoms with E-state index in [1.54, 1.807) is 60.7 Å². The van der Waals surface area contributed by atoms with Crippen LogP contribution in [-0.4, -0.2) is 16.9 Å². The van der Waals surface area contributed by atoms with Gasteiger partial charge in [-0.15, -0.1) is 0 Å². The highest BCUT2D eigenvalue weighted by Crippen LogP contribution is 2.23. The number of para-hydroxylation sites is 1. The molecule has 0 aliphatic rings. The van der Waals surface area contributed by atoms with Crippen LogP contribution in [0, 0.1) is 0 Å². The Kier molecular flexibility index (Phi) is 5.54. The van der Waals surface area contributed by atoms with Crippen molar-refractivity contribution >= 4 is 46.4 Å². The van der Waals surface area contributed by atoms with Crippen molar-refractivity contribution in [3.8, 4) is 11.3 Å². The molecule has 0 fully saturated rings. The molecule has 0 spiro atoms. The number of halogens is 1. The number of primary amides is 1. The molecule has 2 aromatic carbocycles. The zero-order chi connectivity index (χ0) is 19.4. The van der Waals surface area contributed by atoms with Crippen molar-refractivity contribution in [2.24, 2.45) is 5.73 Å². The third-order valence-electron chi connectivity index (χ3n) is 3.63. The average molecular weight is 400 g/mol. The minimum Gasteiger partial charge on any atom is -0.451 e. The lowest BCUT2D eigenvalue weighted by Gasteiger charge is -2.11. The van der Waals surface area contributed by atoms with Gasteiger partial charge in [-0.25, -0.2) is 0 Å². The summed E-state index contributed by atoms with van der Waals surface area (Å²) in [5.41, 5.74) is 6.76. The first kappa shape index (κ1) is 18.6. The van der Waals surface area contributed by atoms with Crippen molar-refractivity contribution in [2.45, 2.75) is 0 Å². The van der Waals surface area contributed by atoms with Crippen LogP contribution in [0.1, 0.15) is 20.9 Å². The van der Waals surface area contributed by atoms with Crippen LogP contribution < -0.4 is 16.4 Å². The van der Waals surface area contributed by atoms with Crippen LogP contribution in [0.2, 0.25) is 5.02 Å². The minimum absolute atomic E-state index is 0.0122.